The van der Waals surface area contributed by atoms with Gasteiger partial charge in [0.1, 0.15) is 23.8 Å². The molecule has 2 fully saturated rings. The number of nitrogens with zero attached hydrogens (tertiary/aromatic N) is 7. The first-order valence-corrected chi connectivity index (χ1v) is 17.9. The molecule has 1 atom stereocenters. The number of nitrogens with one attached hydrogen (secondary N) is 1. The largest absolute Gasteiger partial charge is 0.444 e. The number of pyridine rings is 1. The van der Waals surface area contributed by atoms with Crippen molar-refractivity contribution >= 4 is 35.4 Å². The van der Waals surface area contributed by atoms with E-state index in [-0.39, 0.29) is 37.0 Å². The maximum atomic E-state index is 14.0. The van der Waals surface area contributed by atoms with Crippen LogP contribution in [-0.4, -0.2) is 73.7 Å². The van der Waals surface area contributed by atoms with Crippen LogP contribution in [0.1, 0.15) is 56.1 Å². The van der Waals surface area contributed by atoms with E-state index in [9.17, 15) is 23.1 Å². The molecule has 0 radical (unpaired) electrons. The summed E-state index contributed by atoms with van der Waals surface area (Å²) in [6.07, 6.45) is 6.08. The summed E-state index contributed by atoms with van der Waals surface area (Å²) in [6.45, 7) is 0.744. The summed E-state index contributed by atoms with van der Waals surface area (Å²) >= 11 is 1.45. The fourth-order valence-electron chi connectivity index (χ4n) is 6.32. The molecule has 1 aliphatic carbocycles. The van der Waals surface area contributed by atoms with Gasteiger partial charge in [0.15, 0.2) is 5.16 Å². The summed E-state index contributed by atoms with van der Waals surface area (Å²) in [5.74, 6) is 0.390. The second kappa shape index (κ2) is 16.0. The Hall–Kier alpha value is -4.50. The van der Waals surface area contributed by atoms with Crippen molar-refractivity contribution in [1.82, 2.24) is 24.9 Å². The zero-order valence-electron chi connectivity index (χ0n) is 27.6. The lowest BCUT2D eigenvalue weighted by atomic mass is 9.90. The molecule has 15 heteroatoms. The first kappa shape index (κ1) is 35.3. The molecule has 2 aliphatic rings. The van der Waals surface area contributed by atoms with E-state index >= 15 is 0 Å². The van der Waals surface area contributed by atoms with Crippen LogP contribution in [0.3, 0.4) is 0 Å². The van der Waals surface area contributed by atoms with Crippen LogP contribution < -0.4 is 15.1 Å². The Morgan fingerprint density at radius 3 is 2.36 bits per heavy atom. The molecule has 1 unspecified atom stereocenters. The summed E-state index contributed by atoms with van der Waals surface area (Å²) in [6, 6.07) is 12.7. The van der Waals surface area contributed by atoms with E-state index in [1.165, 1.54) is 11.8 Å². The number of alkyl halides is 3. The summed E-state index contributed by atoms with van der Waals surface area (Å²) in [5, 5.41) is 14.0. The molecule has 11 nitrogen and oxygen atoms in total. The van der Waals surface area contributed by atoms with E-state index in [4.69, 9.17) is 4.74 Å². The lowest BCUT2D eigenvalue weighted by molar-refractivity contribution is -0.137. The normalized spacial score (nSPS) is 19.8. The number of aliphatic hydroxyl groups excluding tert-OH is 1. The third-order valence-electron chi connectivity index (χ3n) is 9.01. The SMILES string of the molecule is CSc1ncc(-c2ccc(N(C(=O)OCc3ccccc3)C3CCC(Nc4ncc(C(F)(F)F)c(N5CCCC(O)CC5)n4)CC3)nc2)cn1. The Labute approximate surface area is 292 Å². The number of aromatic nitrogens is 5. The molecule has 0 spiro atoms. The molecule has 2 N–H and O–H groups in total. The van der Waals surface area contributed by atoms with Crippen LogP contribution in [-0.2, 0) is 17.5 Å². The summed E-state index contributed by atoms with van der Waals surface area (Å²) in [7, 11) is 0. The molecule has 4 aromatic rings. The van der Waals surface area contributed by atoms with Crippen LogP contribution in [0.2, 0.25) is 0 Å². The predicted molar refractivity (Wildman–Crippen MR) is 185 cm³/mol. The van der Waals surface area contributed by atoms with Crippen molar-refractivity contribution in [3.8, 4) is 11.1 Å². The molecule has 0 bridgehead atoms. The van der Waals surface area contributed by atoms with Gasteiger partial charge in [-0.05, 0) is 68.9 Å². The number of hydrogen-bond donors (Lipinski definition) is 2. The van der Waals surface area contributed by atoms with Crippen molar-refractivity contribution in [2.45, 2.75) is 81.1 Å². The van der Waals surface area contributed by atoms with Crippen LogP contribution in [0.15, 0.2) is 72.4 Å². The molecule has 4 heterocycles. The van der Waals surface area contributed by atoms with Crippen LogP contribution >= 0.6 is 11.8 Å². The maximum absolute atomic E-state index is 14.0. The van der Waals surface area contributed by atoms with Crippen LogP contribution in [0, 0.1) is 0 Å². The molecule has 1 aliphatic heterocycles. The molecular formula is C35H39F3N8O3S. The van der Waals surface area contributed by atoms with E-state index in [0.717, 1.165) is 22.9 Å². The Bertz CT molecular complexity index is 1710. The fourth-order valence-corrected chi connectivity index (χ4v) is 6.64. The number of rotatable bonds is 9. The van der Waals surface area contributed by atoms with E-state index in [0.29, 0.717) is 62.5 Å². The molecule has 1 saturated carbocycles. The third-order valence-corrected chi connectivity index (χ3v) is 9.58. The average molecular weight is 709 g/mol. The first-order valence-electron chi connectivity index (χ1n) is 16.6. The average Bonchev–Trinajstić information content (AvgIpc) is 3.36. The van der Waals surface area contributed by atoms with Gasteiger partial charge in [-0.15, -0.1) is 0 Å². The second-order valence-corrected chi connectivity index (χ2v) is 13.2. The minimum atomic E-state index is -4.62. The molecule has 1 amide bonds. The number of hydrogen-bond acceptors (Lipinski definition) is 11. The summed E-state index contributed by atoms with van der Waals surface area (Å²) in [4.78, 5) is 38.5. The Morgan fingerprint density at radius 2 is 1.68 bits per heavy atom. The zero-order valence-corrected chi connectivity index (χ0v) is 28.4. The van der Waals surface area contributed by atoms with Gasteiger partial charge in [0.2, 0.25) is 5.95 Å². The standard InChI is InChI=1S/C35H39F3N8O3S/c1-50-33-41-19-25(20-42-33)24-9-14-30(39-18-24)46(34(48)49-22-23-6-3-2-4-7-23)27-12-10-26(11-13-27)43-32-40-21-29(35(36,37)38)31(44-32)45-16-5-8-28(47)15-17-45/h2-4,6-7,9,14,18-21,26-28,47H,5,8,10-13,15-17,22H2,1H3,(H,40,43,44). The van der Waals surface area contributed by atoms with Gasteiger partial charge >= 0.3 is 12.3 Å². The number of ether oxygens (including phenoxy) is 1. The quantitative estimate of drug-likeness (QED) is 0.138. The van der Waals surface area contributed by atoms with E-state index < -0.39 is 23.9 Å². The van der Waals surface area contributed by atoms with Gasteiger partial charge < -0.3 is 20.1 Å². The van der Waals surface area contributed by atoms with Gasteiger partial charge in [-0.3, -0.25) is 4.90 Å². The highest BCUT2D eigenvalue weighted by molar-refractivity contribution is 7.98. The Kier molecular flexibility index (Phi) is 11.3. The lowest BCUT2D eigenvalue weighted by Gasteiger charge is -2.36. The number of aliphatic hydroxyl groups is 1. The number of thioether (sulfide) groups is 1. The van der Waals surface area contributed by atoms with Crippen molar-refractivity contribution in [2.75, 3.05) is 34.5 Å². The number of amides is 1. The van der Waals surface area contributed by atoms with Crippen LogP contribution in [0.4, 0.5) is 35.5 Å². The van der Waals surface area contributed by atoms with E-state index in [2.05, 4.69) is 30.2 Å². The van der Waals surface area contributed by atoms with Crippen LogP contribution in [0.25, 0.3) is 11.1 Å². The smallest absolute Gasteiger partial charge is 0.421 e. The van der Waals surface area contributed by atoms with E-state index in [1.807, 2.05) is 42.7 Å². The monoisotopic (exact) mass is 708 g/mol. The van der Waals surface area contributed by atoms with Gasteiger partial charge in [-0.2, -0.15) is 18.2 Å². The van der Waals surface area contributed by atoms with Gasteiger partial charge in [-0.25, -0.2) is 24.7 Å². The molecule has 6 rings (SSSR count). The highest BCUT2D eigenvalue weighted by Crippen LogP contribution is 2.37. The summed E-state index contributed by atoms with van der Waals surface area (Å²) in [5.41, 5.74) is 1.57. The number of halogens is 3. The molecule has 50 heavy (non-hydrogen) atoms. The van der Waals surface area contributed by atoms with Crippen molar-refractivity contribution in [3.05, 3.63) is 78.4 Å². The maximum Gasteiger partial charge on any atom is 0.421 e. The third kappa shape index (κ3) is 8.80. The van der Waals surface area contributed by atoms with Gasteiger partial charge in [0.05, 0.1) is 6.10 Å². The van der Waals surface area contributed by atoms with Gasteiger partial charge in [0.25, 0.3) is 0 Å². The summed E-state index contributed by atoms with van der Waals surface area (Å²) < 4.78 is 47.6. The van der Waals surface area contributed by atoms with Crippen molar-refractivity contribution in [1.29, 1.82) is 0 Å². The van der Waals surface area contributed by atoms with Crippen molar-refractivity contribution < 1.29 is 27.8 Å². The minimum absolute atomic E-state index is 0.105. The van der Waals surface area contributed by atoms with Gasteiger partial charge in [-0.1, -0.05) is 42.1 Å². The second-order valence-electron chi connectivity index (χ2n) is 12.4. The molecular weight excluding hydrogens is 669 g/mol. The molecule has 3 aromatic heterocycles. The Balaban J connectivity index is 1.16. The predicted octanol–water partition coefficient (Wildman–Crippen LogP) is 6.99. The highest BCUT2D eigenvalue weighted by Gasteiger charge is 2.38. The number of benzene rings is 1. The molecule has 1 aromatic carbocycles. The van der Waals surface area contributed by atoms with Crippen molar-refractivity contribution in [3.63, 3.8) is 0 Å². The van der Waals surface area contributed by atoms with Gasteiger partial charge in [0, 0.05) is 61.1 Å². The minimum Gasteiger partial charge on any atom is -0.444 e. The molecule has 1 saturated heterocycles. The first-order chi connectivity index (χ1) is 24.2. The highest BCUT2D eigenvalue weighted by atomic mass is 32.2. The van der Waals surface area contributed by atoms with Crippen molar-refractivity contribution in [2.24, 2.45) is 0 Å². The van der Waals surface area contributed by atoms with Crippen LogP contribution in [0.5, 0.6) is 0 Å². The zero-order chi connectivity index (χ0) is 35.1. The Morgan fingerprint density at radius 1 is 0.940 bits per heavy atom. The topological polar surface area (TPSA) is 129 Å². The number of anilines is 3. The molecule has 264 valence electrons. The number of carbonyl (C=O) groups excluding carboxylic acids is 1. The van der Waals surface area contributed by atoms with E-state index in [1.54, 1.807) is 34.5 Å². The number of carbonyl (C=O) groups is 1. The fraction of sp³-hybridized carbons (Fsp3) is 0.429. The lowest BCUT2D eigenvalue weighted by Crippen LogP contribution is -2.45.